The van der Waals surface area contributed by atoms with Gasteiger partial charge in [0.1, 0.15) is 34.9 Å². The van der Waals surface area contributed by atoms with E-state index in [1.54, 1.807) is 36.6 Å². The van der Waals surface area contributed by atoms with Gasteiger partial charge in [0.15, 0.2) is 13.6 Å². The number of thioether (sulfide) groups is 1. The van der Waals surface area contributed by atoms with E-state index in [4.69, 9.17) is 33.2 Å². The summed E-state index contributed by atoms with van der Waals surface area (Å²) in [5.74, 6) is 1.21. The van der Waals surface area contributed by atoms with Crippen molar-refractivity contribution in [1.82, 2.24) is 4.90 Å². The second kappa shape index (κ2) is 16.4. The normalized spacial score (nSPS) is 15.7. The Morgan fingerprint density at radius 3 is 2.09 bits per heavy atom. The summed E-state index contributed by atoms with van der Waals surface area (Å²) in [4.78, 5) is 27.8. The number of hydrogen-bond acceptors (Lipinski definition) is 11. The standard InChI is InChI=1S/C33H39NO10S/c1-38-19-43-27-12-9-13-28(44-20-39-2)30(27)29-23(25(40-3)14-15-26(29)41-4)17-24(35)31(45-5)32(36)34-22(18-42-33(34)37)16-21-10-7-6-8-11-21/h6-15,22,24,31,35H,16-20H2,1-5H3/t22-,24+,31-/m1/s1. The number of cyclic esters (lactones) is 1. The number of aliphatic hydroxyl groups excluding tert-OH is 1. The second-order valence-electron chi connectivity index (χ2n) is 10.1. The number of ether oxygens (including phenoxy) is 7. The summed E-state index contributed by atoms with van der Waals surface area (Å²) >= 11 is 1.15. The lowest BCUT2D eigenvalue weighted by Gasteiger charge is -2.28. The largest absolute Gasteiger partial charge is 0.496 e. The molecule has 3 atom stereocenters. The van der Waals surface area contributed by atoms with Gasteiger partial charge in [-0.2, -0.15) is 0 Å². The van der Waals surface area contributed by atoms with Gasteiger partial charge in [-0.15, -0.1) is 11.8 Å². The summed E-state index contributed by atoms with van der Waals surface area (Å²) in [7, 11) is 6.07. The zero-order chi connectivity index (χ0) is 32.3. The van der Waals surface area contributed by atoms with Crippen LogP contribution in [0.4, 0.5) is 4.79 Å². The average molecular weight is 642 g/mol. The lowest BCUT2D eigenvalue weighted by atomic mass is 9.91. The molecular weight excluding hydrogens is 602 g/mol. The highest BCUT2D eigenvalue weighted by atomic mass is 32.2. The van der Waals surface area contributed by atoms with Crippen LogP contribution in [0.2, 0.25) is 0 Å². The van der Waals surface area contributed by atoms with Crippen molar-refractivity contribution < 1.29 is 47.9 Å². The predicted molar refractivity (Wildman–Crippen MR) is 169 cm³/mol. The molecule has 0 bridgehead atoms. The smallest absolute Gasteiger partial charge is 0.417 e. The minimum absolute atomic E-state index is 0.0376. The van der Waals surface area contributed by atoms with Crippen molar-refractivity contribution in [2.75, 3.05) is 54.9 Å². The number of carbonyl (C=O) groups excluding carboxylic acids is 2. The summed E-state index contributed by atoms with van der Waals surface area (Å²) in [5.41, 5.74) is 2.55. The summed E-state index contributed by atoms with van der Waals surface area (Å²) in [6.07, 6.45) is 0.144. The third-order valence-corrected chi connectivity index (χ3v) is 8.37. The molecule has 11 nitrogen and oxygen atoms in total. The van der Waals surface area contributed by atoms with Crippen LogP contribution in [-0.4, -0.2) is 94.3 Å². The fourth-order valence-electron chi connectivity index (χ4n) is 5.33. The van der Waals surface area contributed by atoms with Gasteiger partial charge >= 0.3 is 6.09 Å². The van der Waals surface area contributed by atoms with Crippen LogP contribution in [0, 0.1) is 0 Å². The molecule has 0 spiro atoms. The van der Waals surface area contributed by atoms with E-state index in [1.807, 2.05) is 30.3 Å². The van der Waals surface area contributed by atoms with E-state index in [0.29, 0.717) is 46.1 Å². The number of benzene rings is 3. The molecule has 0 aromatic heterocycles. The quantitative estimate of drug-likeness (QED) is 0.222. The van der Waals surface area contributed by atoms with Crippen LogP contribution < -0.4 is 18.9 Å². The molecule has 4 rings (SSSR count). The first-order valence-corrected chi connectivity index (χ1v) is 15.5. The van der Waals surface area contributed by atoms with E-state index in [1.165, 1.54) is 28.4 Å². The van der Waals surface area contributed by atoms with Gasteiger partial charge in [0.05, 0.1) is 31.9 Å². The van der Waals surface area contributed by atoms with Gasteiger partial charge in [-0.1, -0.05) is 36.4 Å². The molecule has 1 aliphatic heterocycles. The molecule has 2 amide bonds. The molecule has 1 saturated heterocycles. The fraction of sp³-hybridized carbons (Fsp3) is 0.394. The Kier molecular flexibility index (Phi) is 12.3. The lowest BCUT2D eigenvalue weighted by molar-refractivity contribution is -0.130. The van der Waals surface area contributed by atoms with E-state index in [0.717, 1.165) is 22.2 Å². The summed E-state index contributed by atoms with van der Waals surface area (Å²) in [5, 5.41) is 10.7. The number of nitrogens with zero attached hydrogens (tertiary/aromatic N) is 1. The average Bonchev–Trinajstić information content (AvgIpc) is 3.42. The van der Waals surface area contributed by atoms with Crippen molar-refractivity contribution in [2.24, 2.45) is 0 Å². The van der Waals surface area contributed by atoms with Gasteiger partial charge in [0.25, 0.3) is 0 Å². The Hall–Kier alpha value is -3.97. The van der Waals surface area contributed by atoms with Gasteiger partial charge in [-0.05, 0) is 42.5 Å². The summed E-state index contributed by atoms with van der Waals surface area (Å²) in [6.45, 7) is 0.00123. The van der Waals surface area contributed by atoms with Crippen LogP contribution in [0.25, 0.3) is 11.1 Å². The van der Waals surface area contributed by atoms with Gasteiger partial charge < -0.3 is 38.3 Å². The Morgan fingerprint density at radius 1 is 0.889 bits per heavy atom. The highest BCUT2D eigenvalue weighted by molar-refractivity contribution is 8.00. The number of imide groups is 1. The van der Waals surface area contributed by atoms with Gasteiger partial charge in [0, 0.05) is 31.8 Å². The monoisotopic (exact) mass is 641 g/mol. The number of amides is 2. The summed E-state index contributed by atoms with van der Waals surface area (Å²) < 4.78 is 39.0. The van der Waals surface area contributed by atoms with E-state index in [9.17, 15) is 14.7 Å². The number of rotatable bonds is 16. The third-order valence-electron chi connectivity index (χ3n) is 7.35. The van der Waals surface area contributed by atoms with Crippen molar-refractivity contribution in [3.63, 3.8) is 0 Å². The van der Waals surface area contributed by atoms with Crippen molar-refractivity contribution in [3.8, 4) is 34.1 Å². The Labute approximate surface area is 267 Å². The highest BCUT2D eigenvalue weighted by Crippen LogP contribution is 2.48. The first-order valence-electron chi connectivity index (χ1n) is 14.2. The molecule has 0 aliphatic carbocycles. The van der Waals surface area contributed by atoms with E-state index >= 15 is 0 Å². The van der Waals surface area contributed by atoms with Gasteiger partial charge in [0.2, 0.25) is 5.91 Å². The predicted octanol–water partition coefficient (Wildman–Crippen LogP) is 4.56. The molecule has 45 heavy (non-hydrogen) atoms. The molecule has 0 radical (unpaired) electrons. The maximum absolute atomic E-state index is 13.9. The zero-order valence-corrected chi connectivity index (χ0v) is 26.8. The topological polar surface area (TPSA) is 122 Å². The molecule has 3 aromatic carbocycles. The first kappa shape index (κ1) is 33.9. The summed E-state index contributed by atoms with van der Waals surface area (Å²) in [6, 6.07) is 17.8. The molecule has 1 aliphatic rings. The minimum Gasteiger partial charge on any atom is -0.496 e. The Balaban J connectivity index is 1.74. The van der Waals surface area contributed by atoms with Crippen LogP contribution >= 0.6 is 11.8 Å². The molecule has 0 saturated carbocycles. The van der Waals surface area contributed by atoms with E-state index < -0.39 is 29.4 Å². The first-order chi connectivity index (χ1) is 21.9. The fourth-order valence-corrected chi connectivity index (χ4v) is 6.06. The van der Waals surface area contributed by atoms with E-state index in [2.05, 4.69) is 0 Å². The highest BCUT2D eigenvalue weighted by Gasteiger charge is 2.43. The molecule has 12 heteroatoms. The maximum Gasteiger partial charge on any atom is 0.417 e. The van der Waals surface area contributed by atoms with Gasteiger partial charge in [-0.3, -0.25) is 4.79 Å². The molecule has 0 unspecified atom stereocenters. The Morgan fingerprint density at radius 2 is 1.51 bits per heavy atom. The molecular formula is C33H39NO10S. The minimum atomic E-state index is -1.24. The van der Waals surface area contributed by atoms with Crippen molar-refractivity contribution >= 4 is 23.8 Å². The molecule has 1 heterocycles. The van der Waals surface area contributed by atoms with Gasteiger partial charge in [-0.25, -0.2) is 9.69 Å². The van der Waals surface area contributed by atoms with Crippen LogP contribution in [0.3, 0.4) is 0 Å². The van der Waals surface area contributed by atoms with Crippen molar-refractivity contribution in [1.29, 1.82) is 0 Å². The third kappa shape index (κ3) is 7.82. The van der Waals surface area contributed by atoms with Crippen LogP contribution in [0.15, 0.2) is 60.7 Å². The second-order valence-corrected chi connectivity index (χ2v) is 11.1. The van der Waals surface area contributed by atoms with Crippen LogP contribution in [0.1, 0.15) is 11.1 Å². The van der Waals surface area contributed by atoms with Crippen LogP contribution in [-0.2, 0) is 31.8 Å². The molecule has 1 N–H and O–H groups in total. The number of hydrogen-bond donors (Lipinski definition) is 1. The van der Waals surface area contributed by atoms with E-state index in [-0.39, 0.29) is 26.6 Å². The number of aliphatic hydroxyl groups is 1. The lowest BCUT2D eigenvalue weighted by Crippen LogP contribution is -2.48. The van der Waals surface area contributed by atoms with Crippen molar-refractivity contribution in [2.45, 2.75) is 30.2 Å². The molecule has 242 valence electrons. The SMILES string of the molecule is COCOc1cccc(OCOC)c1-c1c(OC)ccc(OC)c1C[C@H](O)[C@@H](SC)C(=O)N1C(=O)OC[C@H]1Cc1ccccc1. The Bertz CT molecular complexity index is 1410. The molecule has 1 fully saturated rings. The van der Waals surface area contributed by atoms with Crippen LogP contribution in [0.5, 0.6) is 23.0 Å². The van der Waals surface area contributed by atoms with Crippen molar-refractivity contribution in [3.05, 3.63) is 71.8 Å². The maximum atomic E-state index is 13.9. The zero-order valence-electron chi connectivity index (χ0n) is 26.0. The molecule has 3 aromatic rings. The number of methoxy groups -OCH3 is 4. The number of carbonyl (C=O) groups is 2.